The molecule has 0 aromatic heterocycles. The Bertz CT molecular complexity index is 570. The molecule has 3 nitrogen and oxygen atoms in total. The van der Waals surface area contributed by atoms with Crippen LogP contribution in [0.2, 0.25) is 0 Å². The third kappa shape index (κ3) is 4.34. The molecule has 1 aromatic carbocycles. The number of amidine groups is 1. The van der Waals surface area contributed by atoms with E-state index in [-0.39, 0.29) is 27.9 Å². The second-order valence-corrected chi connectivity index (χ2v) is 6.40. The van der Waals surface area contributed by atoms with Gasteiger partial charge in [0.2, 0.25) is 5.75 Å². The van der Waals surface area contributed by atoms with Crippen molar-refractivity contribution in [3.63, 3.8) is 0 Å². The zero-order valence-electron chi connectivity index (χ0n) is 11.2. The van der Waals surface area contributed by atoms with Gasteiger partial charge in [-0.1, -0.05) is 0 Å². The van der Waals surface area contributed by atoms with E-state index >= 15 is 0 Å². The molecule has 1 unspecified atom stereocenters. The molecule has 8 heteroatoms. The first-order chi connectivity index (χ1) is 9.67. The molecule has 2 N–H and O–H groups in total. The maximum atomic E-state index is 13.8. The van der Waals surface area contributed by atoms with E-state index in [1.165, 1.54) is 6.92 Å². The van der Waals surface area contributed by atoms with Gasteiger partial charge in [0.15, 0.2) is 4.90 Å². The molecule has 116 valence electrons. The molecule has 0 spiro atoms. The molecular weight excluding hydrogens is 308 g/mol. The van der Waals surface area contributed by atoms with Crippen LogP contribution in [0.1, 0.15) is 18.4 Å². The lowest BCUT2D eigenvalue weighted by atomic mass is 10.2. The molecule has 1 atom stereocenters. The molecule has 1 fully saturated rings. The van der Waals surface area contributed by atoms with Gasteiger partial charge in [0.1, 0.15) is 17.3 Å². The molecule has 0 radical (unpaired) electrons. The zero-order chi connectivity index (χ0) is 15.8. The second kappa shape index (κ2) is 5.84. The van der Waals surface area contributed by atoms with Crippen molar-refractivity contribution >= 4 is 22.7 Å². The van der Waals surface area contributed by atoms with Crippen LogP contribution in [0.5, 0.6) is 0 Å². The largest absolute Gasteiger partial charge is 0.611 e. The maximum Gasteiger partial charge on any atom is 0.433 e. The highest BCUT2D eigenvalue weighted by atomic mass is 32.2. The van der Waals surface area contributed by atoms with Gasteiger partial charge in [-0.3, -0.25) is 0 Å². The topological polar surface area (TPSA) is 61.4 Å². The summed E-state index contributed by atoms with van der Waals surface area (Å²) < 4.78 is 62.5. The van der Waals surface area contributed by atoms with Crippen molar-refractivity contribution in [2.45, 2.75) is 30.8 Å². The summed E-state index contributed by atoms with van der Waals surface area (Å²) in [6.45, 7) is 1.41. The van der Waals surface area contributed by atoms with Gasteiger partial charge < -0.3 is 10.3 Å². The van der Waals surface area contributed by atoms with Crippen LogP contribution in [0.15, 0.2) is 22.0 Å². The molecule has 0 bridgehead atoms. The SMILES string of the molecule is Cc1cc(F)c(/N=C(\N)C2CC2)cc1[S+]([O-])CC(F)(F)F. The highest BCUT2D eigenvalue weighted by Crippen LogP contribution is 2.33. The standard InChI is InChI=1S/C13H14F4N2OS/c1-7-4-9(14)10(19-12(18)8-2-3-8)5-11(7)21(20)6-13(15,16)17/h4-5,8H,2-3,6H2,1H3,(H2,18,19). The van der Waals surface area contributed by atoms with Crippen molar-refractivity contribution in [1.82, 2.24) is 0 Å². The molecule has 21 heavy (non-hydrogen) atoms. The number of halogens is 4. The smallest absolute Gasteiger partial charge is 0.433 e. The number of nitrogens with two attached hydrogens (primary N) is 1. The van der Waals surface area contributed by atoms with Gasteiger partial charge >= 0.3 is 6.18 Å². The van der Waals surface area contributed by atoms with Crippen molar-refractivity contribution < 1.29 is 22.1 Å². The van der Waals surface area contributed by atoms with Crippen LogP contribution in [0.25, 0.3) is 0 Å². The Morgan fingerprint density at radius 2 is 2.05 bits per heavy atom. The number of hydrogen-bond donors (Lipinski definition) is 1. The minimum absolute atomic E-state index is 0.0731. The van der Waals surface area contributed by atoms with Crippen LogP contribution in [0, 0.1) is 18.7 Å². The predicted octanol–water partition coefficient (Wildman–Crippen LogP) is 3.20. The fraction of sp³-hybridized carbons (Fsp3) is 0.462. The Kier molecular flexibility index (Phi) is 4.48. The number of rotatable bonds is 4. The third-order valence-corrected chi connectivity index (χ3v) is 4.55. The minimum atomic E-state index is -4.55. The molecule has 0 amide bonds. The predicted molar refractivity (Wildman–Crippen MR) is 72.5 cm³/mol. The molecule has 0 heterocycles. The van der Waals surface area contributed by atoms with Gasteiger partial charge in [0, 0.05) is 17.5 Å². The van der Waals surface area contributed by atoms with Crippen LogP contribution in [-0.4, -0.2) is 22.3 Å². The highest BCUT2D eigenvalue weighted by Gasteiger charge is 2.36. The van der Waals surface area contributed by atoms with Crippen molar-refractivity contribution in [3.05, 3.63) is 23.5 Å². The molecular formula is C13H14F4N2OS. The summed E-state index contributed by atoms with van der Waals surface area (Å²) in [5, 5.41) is 0. The van der Waals surface area contributed by atoms with Crippen molar-refractivity contribution in [2.24, 2.45) is 16.6 Å². The average Bonchev–Trinajstić information content (AvgIpc) is 3.13. The summed E-state index contributed by atoms with van der Waals surface area (Å²) in [7, 11) is 0. The molecule has 1 aromatic rings. The molecule has 0 aliphatic heterocycles. The first kappa shape index (κ1) is 16.1. The van der Waals surface area contributed by atoms with Crippen molar-refractivity contribution in [2.75, 3.05) is 5.75 Å². The Labute approximate surface area is 122 Å². The second-order valence-electron chi connectivity index (χ2n) is 4.99. The Morgan fingerprint density at radius 1 is 1.43 bits per heavy atom. The molecule has 2 rings (SSSR count). The molecule has 1 aliphatic carbocycles. The lowest BCUT2D eigenvalue weighted by Crippen LogP contribution is -2.23. The first-order valence-electron chi connectivity index (χ1n) is 6.26. The molecule has 0 saturated heterocycles. The van der Waals surface area contributed by atoms with Gasteiger partial charge in [-0.05, 0) is 37.0 Å². The maximum absolute atomic E-state index is 13.8. The monoisotopic (exact) mass is 322 g/mol. The van der Waals surface area contributed by atoms with E-state index in [9.17, 15) is 22.1 Å². The van der Waals surface area contributed by atoms with Crippen LogP contribution < -0.4 is 5.73 Å². The van der Waals surface area contributed by atoms with Crippen LogP contribution >= 0.6 is 0 Å². The average molecular weight is 322 g/mol. The number of aliphatic imine (C=N–C) groups is 1. The Balaban J connectivity index is 2.31. The number of nitrogens with zero attached hydrogens (tertiary/aromatic N) is 1. The number of aryl methyl sites for hydroxylation is 1. The molecule has 1 saturated carbocycles. The fourth-order valence-electron chi connectivity index (χ4n) is 1.81. The van der Waals surface area contributed by atoms with Crippen LogP contribution in [0.4, 0.5) is 23.2 Å². The van der Waals surface area contributed by atoms with E-state index in [1.54, 1.807) is 0 Å². The van der Waals surface area contributed by atoms with E-state index in [1.807, 2.05) is 0 Å². The quantitative estimate of drug-likeness (QED) is 0.400. The van der Waals surface area contributed by atoms with Gasteiger partial charge in [0.25, 0.3) is 0 Å². The summed E-state index contributed by atoms with van der Waals surface area (Å²) >= 11 is -2.29. The fourth-order valence-corrected chi connectivity index (χ4v) is 2.92. The van der Waals surface area contributed by atoms with Gasteiger partial charge in [-0.2, -0.15) is 13.2 Å². The van der Waals surface area contributed by atoms with Crippen LogP contribution in [-0.2, 0) is 11.2 Å². The molecule has 1 aliphatic rings. The highest BCUT2D eigenvalue weighted by molar-refractivity contribution is 7.91. The van der Waals surface area contributed by atoms with E-state index < -0.39 is 28.9 Å². The van der Waals surface area contributed by atoms with Crippen LogP contribution in [0.3, 0.4) is 0 Å². The normalized spacial score (nSPS) is 17.9. The summed E-state index contributed by atoms with van der Waals surface area (Å²) in [4.78, 5) is 3.83. The zero-order valence-corrected chi connectivity index (χ0v) is 12.0. The lowest BCUT2D eigenvalue weighted by molar-refractivity contribution is -0.106. The lowest BCUT2D eigenvalue weighted by Gasteiger charge is -2.15. The van der Waals surface area contributed by atoms with E-state index in [2.05, 4.69) is 4.99 Å². The summed E-state index contributed by atoms with van der Waals surface area (Å²) in [5.74, 6) is -1.80. The van der Waals surface area contributed by atoms with Gasteiger partial charge in [-0.25, -0.2) is 9.38 Å². The first-order valence-corrected chi connectivity index (χ1v) is 7.58. The summed E-state index contributed by atoms with van der Waals surface area (Å²) in [6.07, 6.45) is -2.81. The van der Waals surface area contributed by atoms with Gasteiger partial charge in [-0.15, -0.1) is 0 Å². The Hall–Kier alpha value is -1.28. The Morgan fingerprint density at radius 3 is 2.57 bits per heavy atom. The number of benzene rings is 1. The number of hydrogen-bond acceptors (Lipinski definition) is 2. The van der Waals surface area contributed by atoms with Crippen molar-refractivity contribution in [3.8, 4) is 0 Å². The van der Waals surface area contributed by atoms with Gasteiger partial charge in [0.05, 0.1) is 0 Å². The van der Waals surface area contributed by atoms with E-state index in [4.69, 9.17) is 5.73 Å². The van der Waals surface area contributed by atoms with E-state index in [0.29, 0.717) is 0 Å². The van der Waals surface area contributed by atoms with Crippen molar-refractivity contribution in [1.29, 1.82) is 0 Å². The van der Waals surface area contributed by atoms with E-state index in [0.717, 1.165) is 25.0 Å². The summed E-state index contributed by atoms with van der Waals surface area (Å²) in [5.41, 5.74) is 5.70. The third-order valence-electron chi connectivity index (χ3n) is 3.03. The summed E-state index contributed by atoms with van der Waals surface area (Å²) in [6, 6.07) is 2.12. The minimum Gasteiger partial charge on any atom is -0.611 e. The number of alkyl halides is 3.